The van der Waals surface area contributed by atoms with Gasteiger partial charge >= 0.3 is 5.69 Å². The van der Waals surface area contributed by atoms with Crippen molar-refractivity contribution in [3.8, 4) is 0 Å². The third-order valence-corrected chi connectivity index (χ3v) is 9.08. The highest BCUT2D eigenvalue weighted by Gasteiger charge is 2.34. The van der Waals surface area contributed by atoms with Gasteiger partial charge in [0.05, 0.1) is 29.8 Å². The molecule has 2 fully saturated rings. The highest BCUT2D eigenvalue weighted by atomic mass is 16.7. The Morgan fingerprint density at radius 1 is 0.870 bits per heavy atom. The van der Waals surface area contributed by atoms with Gasteiger partial charge in [0, 0.05) is 48.9 Å². The topological polar surface area (TPSA) is 109 Å². The number of nitrogens with one attached hydrogen (secondary N) is 2. The number of para-hydroxylation sites is 2. The minimum absolute atomic E-state index is 0.0116. The van der Waals surface area contributed by atoms with Gasteiger partial charge in [0.15, 0.2) is 6.29 Å². The number of benzene rings is 4. The minimum Gasteiger partial charge on any atom is -0.392 e. The summed E-state index contributed by atoms with van der Waals surface area (Å²) >= 11 is 0. The summed E-state index contributed by atoms with van der Waals surface area (Å²) < 4.78 is 15.1. The SMILES string of the molecule is O=C(Nc1cccc([C@H]2O[C@@H](CN3CCC(n4c(=O)[nH]c5ccccc54)CC3)C[C@@H](c3ccc(CO)cc3)O2)c1)c1ccccc1. The lowest BCUT2D eigenvalue weighted by molar-refractivity contribution is -0.253. The van der Waals surface area contributed by atoms with E-state index in [9.17, 15) is 14.7 Å². The fourth-order valence-electron chi connectivity index (χ4n) is 6.67. The first-order chi connectivity index (χ1) is 22.5. The molecule has 0 unspecified atom stereocenters. The van der Waals surface area contributed by atoms with Gasteiger partial charge in [-0.2, -0.15) is 0 Å². The second-order valence-electron chi connectivity index (χ2n) is 12.1. The van der Waals surface area contributed by atoms with Crippen molar-refractivity contribution in [3.05, 3.63) is 136 Å². The van der Waals surface area contributed by atoms with Crippen molar-refractivity contribution in [1.29, 1.82) is 0 Å². The first-order valence-corrected chi connectivity index (χ1v) is 15.9. The Morgan fingerprint density at radius 3 is 2.41 bits per heavy atom. The van der Waals surface area contributed by atoms with Crippen molar-refractivity contribution in [1.82, 2.24) is 14.5 Å². The number of anilines is 1. The van der Waals surface area contributed by atoms with Gasteiger partial charge in [-0.15, -0.1) is 0 Å². The second-order valence-corrected chi connectivity index (χ2v) is 12.1. The van der Waals surface area contributed by atoms with E-state index in [1.54, 1.807) is 12.1 Å². The van der Waals surface area contributed by atoms with Crippen LogP contribution in [0.5, 0.6) is 0 Å². The van der Waals surface area contributed by atoms with Crippen LogP contribution < -0.4 is 11.0 Å². The number of aliphatic hydroxyl groups is 1. The summed E-state index contributed by atoms with van der Waals surface area (Å²) in [6, 6.07) is 32.6. The molecule has 1 amide bonds. The molecule has 0 bridgehead atoms. The van der Waals surface area contributed by atoms with Gasteiger partial charge in [0.2, 0.25) is 0 Å². The summed E-state index contributed by atoms with van der Waals surface area (Å²) in [4.78, 5) is 31.0. The van der Waals surface area contributed by atoms with Crippen LogP contribution in [0.1, 0.15) is 64.7 Å². The van der Waals surface area contributed by atoms with Crippen LogP contribution in [-0.4, -0.2) is 51.2 Å². The maximum Gasteiger partial charge on any atom is 0.326 e. The number of hydrogen-bond donors (Lipinski definition) is 3. The number of fused-ring (bicyclic) bond motifs is 1. The first kappa shape index (κ1) is 30.1. The van der Waals surface area contributed by atoms with Crippen LogP contribution in [0.2, 0.25) is 0 Å². The molecular weight excluding hydrogens is 580 g/mol. The number of likely N-dealkylation sites (tertiary alicyclic amines) is 1. The standard InChI is InChI=1S/C37H38N4O5/c42-24-25-13-15-26(16-14-25)34-22-31(23-40-19-17-30(18-20-40)41-33-12-5-4-11-32(33)39-37(41)44)45-36(46-34)28-9-6-10-29(21-28)38-35(43)27-7-2-1-3-8-27/h1-16,21,30-31,34,36,42H,17-20,22-24H2,(H,38,43)(H,39,44)/t31-,34+,36+/m1/s1. The third-order valence-electron chi connectivity index (χ3n) is 9.08. The summed E-state index contributed by atoms with van der Waals surface area (Å²) in [6.45, 7) is 2.45. The molecule has 236 valence electrons. The van der Waals surface area contributed by atoms with Crippen LogP contribution in [0.4, 0.5) is 5.69 Å². The summed E-state index contributed by atoms with van der Waals surface area (Å²) in [5, 5.41) is 12.5. The number of carbonyl (C=O) groups excluding carboxylic acids is 1. The molecular formula is C37H38N4O5. The van der Waals surface area contributed by atoms with Crippen LogP contribution in [0, 0.1) is 0 Å². The molecule has 0 spiro atoms. The number of nitrogens with zero attached hydrogens (tertiary/aromatic N) is 2. The van der Waals surface area contributed by atoms with Crippen molar-refractivity contribution in [2.45, 2.75) is 50.4 Å². The number of aliphatic hydroxyl groups excluding tert-OH is 1. The number of aromatic amines is 1. The summed E-state index contributed by atoms with van der Waals surface area (Å²) in [6.07, 6.45) is 1.50. The second kappa shape index (κ2) is 13.4. The lowest BCUT2D eigenvalue weighted by Crippen LogP contribution is -2.43. The number of rotatable bonds is 8. The van der Waals surface area contributed by atoms with E-state index < -0.39 is 6.29 Å². The molecule has 7 rings (SSSR count). The zero-order chi connectivity index (χ0) is 31.5. The quantitative estimate of drug-likeness (QED) is 0.198. The van der Waals surface area contributed by atoms with Crippen LogP contribution in [0.25, 0.3) is 11.0 Å². The van der Waals surface area contributed by atoms with Gasteiger partial charge in [-0.1, -0.05) is 66.7 Å². The number of H-pyrrole nitrogens is 1. The Bertz CT molecular complexity index is 1840. The number of ether oxygens (including phenoxy) is 2. The number of piperidine rings is 1. The average molecular weight is 619 g/mol. The molecule has 0 radical (unpaired) electrons. The molecule has 3 atom stereocenters. The molecule has 9 nitrogen and oxygen atoms in total. The number of hydrogen-bond acceptors (Lipinski definition) is 6. The molecule has 0 aliphatic carbocycles. The van der Waals surface area contributed by atoms with Crippen LogP contribution in [0.3, 0.4) is 0 Å². The monoisotopic (exact) mass is 618 g/mol. The molecule has 9 heteroatoms. The lowest BCUT2D eigenvalue weighted by atomic mass is 9.98. The van der Waals surface area contributed by atoms with E-state index in [2.05, 4.69) is 15.2 Å². The van der Waals surface area contributed by atoms with Crippen molar-refractivity contribution < 1.29 is 19.4 Å². The predicted octanol–water partition coefficient (Wildman–Crippen LogP) is 5.96. The summed E-state index contributed by atoms with van der Waals surface area (Å²) in [5.41, 5.74) is 5.74. The van der Waals surface area contributed by atoms with Gasteiger partial charge in [0.25, 0.3) is 5.91 Å². The number of amides is 1. The molecule has 46 heavy (non-hydrogen) atoms. The average Bonchev–Trinajstić information content (AvgIpc) is 3.44. The third kappa shape index (κ3) is 6.54. The van der Waals surface area contributed by atoms with Crippen LogP contribution >= 0.6 is 0 Å². The fraction of sp³-hybridized carbons (Fsp3) is 0.297. The van der Waals surface area contributed by atoms with Crippen LogP contribution in [-0.2, 0) is 16.1 Å². The van der Waals surface area contributed by atoms with Gasteiger partial charge in [0.1, 0.15) is 0 Å². The lowest BCUT2D eigenvalue weighted by Gasteiger charge is -2.40. The Balaban J connectivity index is 1.07. The largest absolute Gasteiger partial charge is 0.392 e. The Kier molecular flexibility index (Phi) is 8.81. The molecule has 2 aliphatic heterocycles. The van der Waals surface area contributed by atoms with Crippen molar-refractivity contribution >= 4 is 22.6 Å². The highest BCUT2D eigenvalue weighted by Crippen LogP contribution is 2.39. The van der Waals surface area contributed by atoms with Gasteiger partial charge in [-0.05, 0) is 60.4 Å². The summed E-state index contributed by atoms with van der Waals surface area (Å²) in [7, 11) is 0. The van der Waals surface area contributed by atoms with E-state index in [-0.39, 0.29) is 36.5 Å². The van der Waals surface area contributed by atoms with E-state index in [0.717, 1.165) is 60.2 Å². The minimum atomic E-state index is -0.628. The van der Waals surface area contributed by atoms with Gasteiger partial charge in [-0.25, -0.2) is 4.79 Å². The maximum absolute atomic E-state index is 12.8. The van der Waals surface area contributed by atoms with Gasteiger partial charge in [-0.3, -0.25) is 9.36 Å². The Labute approximate surface area is 267 Å². The molecule has 1 aromatic heterocycles. The highest BCUT2D eigenvalue weighted by molar-refractivity contribution is 6.04. The predicted molar refractivity (Wildman–Crippen MR) is 177 cm³/mol. The first-order valence-electron chi connectivity index (χ1n) is 15.9. The zero-order valence-corrected chi connectivity index (χ0v) is 25.5. The number of aromatic nitrogens is 2. The Morgan fingerprint density at radius 2 is 1.63 bits per heavy atom. The molecule has 5 aromatic rings. The van der Waals surface area contributed by atoms with E-state index in [1.165, 1.54) is 0 Å². The number of imidazole rings is 1. The summed E-state index contributed by atoms with van der Waals surface area (Å²) in [5.74, 6) is -0.179. The normalized spacial score (nSPS) is 20.9. The van der Waals surface area contributed by atoms with E-state index in [0.29, 0.717) is 17.7 Å². The van der Waals surface area contributed by atoms with Crippen molar-refractivity contribution in [2.24, 2.45) is 0 Å². The van der Waals surface area contributed by atoms with E-state index >= 15 is 0 Å². The molecule has 4 aromatic carbocycles. The zero-order valence-electron chi connectivity index (χ0n) is 25.5. The fourth-order valence-corrected chi connectivity index (χ4v) is 6.67. The Hall–Kier alpha value is -4.54. The van der Waals surface area contributed by atoms with Crippen molar-refractivity contribution in [2.75, 3.05) is 25.0 Å². The molecule has 2 aliphatic rings. The number of carbonyl (C=O) groups is 1. The molecule has 3 heterocycles. The van der Waals surface area contributed by atoms with Crippen molar-refractivity contribution in [3.63, 3.8) is 0 Å². The molecule has 2 saturated heterocycles. The van der Waals surface area contributed by atoms with Crippen LogP contribution in [0.15, 0.2) is 108 Å². The van der Waals surface area contributed by atoms with E-state index in [4.69, 9.17) is 9.47 Å². The smallest absolute Gasteiger partial charge is 0.326 e. The molecule has 3 N–H and O–H groups in total. The van der Waals surface area contributed by atoms with E-state index in [1.807, 2.05) is 95.6 Å². The molecule has 0 saturated carbocycles. The maximum atomic E-state index is 12.8. The van der Waals surface area contributed by atoms with Gasteiger partial charge < -0.3 is 29.8 Å².